The SMILES string of the molecule is CN(C)c1ccc(C(=NC(=O)c2ccc(S(=O)(=O)N(C)C)cc2)c2ccc(N(C)C)cc2)cc1. The minimum atomic E-state index is -3.57. The number of aliphatic imine (C=N–C) groups is 1. The summed E-state index contributed by atoms with van der Waals surface area (Å²) >= 11 is 0. The van der Waals surface area contributed by atoms with Gasteiger partial charge in [-0.1, -0.05) is 24.3 Å². The molecule has 0 saturated carbocycles. The Balaban J connectivity index is 2.03. The molecule has 34 heavy (non-hydrogen) atoms. The van der Waals surface area contributed by atoms with E-state index in [1.165, 1.54) is 38.4 Å². The van der Waals surface area contributed by atoms with Crippen molar-refractivity contribution in [2.24, 2.45) is 4.99 Å². The van der Waals surface area contributed by atoms with Gasteiger partial charge in [0.2, 0.25) is 10.0 Å². The molecule has 178 valence electrons. The van der Waals surface area contributed by atoms with Crippen molar-refractivity contribution in [1.82, 2.24) is 4.31 Å². The highest BCUT2D eigenvalue weighted by molar-refractivity contribution is 7.89. The summed E-state index contributed by atoms with van der Waals surface area (Å²) < 4.78 is 25.8. The highest BCUT2D eigenvalue weighted by Crippen LogP contribution is 2.20. The molecule has 1 amide bonds. The van der Waals surface area contributed by atoms with Crippen LogP contribution in [0.4, 0.5) is 11.4 Å². The van der Waals surface area contributed by atoms with Gasteiger partial charge >= 0.3 is 0 Å². The maximum atomic E-state index is 13.1. The van der Waals surface area contributed by atoms with E-state index in [4.69, 9.17) is 0 Å². The molecule has 0 fully saturated rings. The summed E-state index contributed by atoms with van der Waals surface area (Å²) in [6, 6.07) is 21.5. The van der Waals surface area contributed by atoms with Gasteiger partial charge in [0.1, 0.15) is 0 Å². The standard InChI is InChI=1S/C26H30N4O3S/c1-28(2)22-13-7-19(8-14-22)25(20-9-15-23(16-10-20)29(3)4)27-26(31)21-11-17-24(18-12-21)34(32,33)30(5)6/h7-18H,1-6H3. The molecule has 0 atom stereocenters. The first-order valence-electron chi connectivity index (χ1n) is 10.7. The van der Waals surface area contributed by atoms with Crippen LogP contribution in [0.25, 0.3) is 0 Å². The Labute approximate surface area is 202 Å². The molecule has 3 rings (SSSR count). The van der Waals surface area contributed by atoms with Crippen LogP contribution in [0.1, 0.15) is 21.5 Å². The number of carbonyl (C=O) groups excluding carboxylic acids is 1. The van der Waals surface area contributed by atoms with Gasteiger partial charge in [-0.2, -0.15) is 0 Å². The molecular formula is C26H30N4O3S. The molecular weight excluding hydrogens is 448 g/mol. The predicted molar refractivity (Wildman–Crippen MR) is 139 cm³/mol. The number of benzene rings is 3. The molecule has 0 spiro atoms. The van der Waals surface area contributed by atoms with Crippen molar-refractivity contribution in [3.63, 3.8) is 0 Å². The molecule has 3 aromatic rings. The highest BCUT2D eigenvalue weighted by atomic mass is 32.2. The van der Waals surface area contributed by atoms with Crippen molar-refractivity contribution in [1.29, 1.82) is 0 Å². The van der Waals surface area contributed by atoms with E-state index in [1.807, 2.05) is 86.5 Å². The average Bonchev–Trinajstić information content (AvgIpc) is 2.82. The second-order valence-corrected chi connectivity index (χ2v) is 10.6. The van der Waals surface area contributed by atoms with Crippen molar-refractivity contribution in [3.8, 4) is 0 Å². The summed E-state index contributed by atoms with van der Waals surface area (Å²) in [5.74, 6) is -0.447. The first-order chi connectivity index (χ1) is 16.0. The Bertz CT molecular complexity index is 1220. The van der Waals surface area contributed by atoms with Crippen LogP contribution in [0.5, 0.6) is 0 Å². The summed E-state index contributed by atoms with van der Waals surface area (Å²) in [6.45, 7) is 0. The summed E-state index contributed by atoms with van der Waals surface area (Å²) in [5, 5.41) is 0. The molecule has 0 aliphatic heterocycles. The van der Waals surface area contributed by atoms with E-state index in [1.54, 1.807) is 0 Å². The summed E-state index contributed by atoms with van der Waals surface area (Å²) in [6.07, 6.45) is 0. The van der Waals surface area contributed by atoms with E-state index in [-0.39, 0.29) is 4.90 Å². The molecule has 0 radical (unpaired) electrons. The third kappa shape index (κ3) is 5.52. The second-order valence-electron chi connectivity index (χ2n) is 8.46. The van der Waals surface area contributed by atoms with Gasteiger partial charge in [0, 0.05) is 70.4 Å². The van der Waals surface area contributed by atoms with Gasteiger partial charge in [0.15, 0.2) is 0 Å². The fraction of sp³-hybridized carbons (Fsp3) is 0.231. The topological polar surface area (TPSA) is 73.3 Å². The van der Waals surface area contributed by atoms with Gasteiger partial charge in [0.25, 0.3) is 5.91 Å². The van der Waals surface area contributed by atoms with E-state index in [2.05, 4.69) is 4.99 Å². The summed E-state index contributed by atoms with van der Waals surface area (Å²) in [7, 11) is 7.22. The van der Waals surface area contributed by atoms with Gasteiger partial charge in [0.05, 0.1) is 10.6 Å². The van der Waals surface area contributed by atoms with Gasteiger partial charge in [-0.05, 0) is 48.5 Å². The fourth-order valence-electron chi connectivity index (χ4n) is 3.28. The molecule has 3 aromatic carbocycles. The van der Waals surface area contributed by atoms with E-state index >= 15 is 0 Å². The number of rotatable bonds is 7. The smallest absolute Gasteiger partial charge is 0.277 e. The zero-order chi connectivity index (χ0) is 25.0. The Morgan fingerprint density at radius 3 is 1.35 bits per heavy atom. The molecule has 0 heterocycles. The molecule has 0 saturated heterocycles. The van der Waals surface area contributed by atoms with Gasteiger partial charge in [-0.25, -0.2) is 17.7 Å². The first-order valence-corrected chi connectivity index (χ1v) is 12.2. The molecule has 7 nitrogen and oxygen atoms in total. The molecule has 0 N–H and O–H groups in total. The molecule has 0 aliphatic carbocycles. The summed E-state index contributed by atoms with van der Waals surface area (Å²) in [5.41, 5.74) is 4.55. The van der Waals surface area contributed by atoms with Crippen LogP contribution >= 0.6 is 0 Å². The third-order valence-electron chi connectivity index (χ3n) is 5.41. The minimum Gasteiger partial charge on any atom is -0.378 e. The van der Waals surface area contributed by atoms with E-state index in [0.717, 1.165) is 26.8 Å². The van der Waals surface area contributed by atoms with Gasteiger partial charge < -0.3 is 9.80 Å². The van der Waals surface area contributed by atoms with Crippen LogP contribution in [-0.2, 0) is 10.0 Å². The molecule has 0 bridgehead atoms. The molecule has 8 heteroatoms. The average molecular weight is 479 g/mol. The van der Waals surface area contributed by atoms with Crippen LogP contribution in [0.2, 0.25) is 0 Å². The number of nitrogens with zero attached hydrogens (tertiary/aromatic N) is 4. The quantitative estimate of drug-likeness (QED) is 0.484. The first kappa shape index (κ1) is 25.1. The molecule has 0 aliphatic rings. The lowest BCUT2D eigenvalue weighted by Gasteiger charge is -2.15. The molecule has 0 unspecified atom stereocenters. The van der Waals surface area contributed by atoms with Crippen LogP contribution in [0, 0.1) is 0 Å². The normalized spacial score (nSPS) is 11.3. The maximum Gasteiger partial charge on any atom is 0.277 e. The lowest BCUT2D eigenvalue weighted by atomic mass is 10.0. The lowest BCUT2D eigenvalue weighted by molar-refractivity contribution is 0.100. The largest absolute Gasteiger partial charge is 0.378 e. The zero-order valence-corrected chi connectivity index (χ0v) is 21.2. The minimum absolute atomic E-state index is 0.122. The van der Waals surface area contributed by atoms with Crippen molar-refractivity contribution >= 4 is 33.0 Å². The van der Waals surface area contributed by atoms with Gasteiger partial charge in [-0.3, -0.25) is 4.79 Å². The Hall–Kier alpha value is -3.49. The van der Waals surface area contributed by atoms with Crippen molar-refractivity contribution in [3.05, 3.63) is 89.5 Å². The second kappa shape index (κ2) is 10.2. The van der Waals surface area contributed by atoms with Crippen LogP contribution in [0.15, 0.2) is 82.7 Å². The Morgan fingerprint density at radius 2 is 1.00 bits per heavy atom. The number of hydrogen-bond acceptors (Lipinski definition) is 5. The van der Waals surface area contributed by atoms with E-state index in [0.29, 0.717) is 11.3 Å². The van der Waals surface area contributed by atoms with Crippen LogP contribution in [-0.4, -0.2) is 66.6 Å². The van der Waals surface area contributed by atoms with Crippen molar-refractivity contribution < 1.29 is 13.2 Å². The monoisotopic (exact) mass is 478 g/mol. The highest BCUT2D eigenvalue weighted by Gasteiger charge is 2.18. The van der Waals surface area contributed by atoms with E-state index in [9.17, 15) is 13.2 Å². The van der Waals surface area contributed by atoms with Crippen molar-refractivity contribution in [2.45, 2.75) is 4.90 Å². The van der Waals surface area contributed by atoms with Crippen LogP contribution < -0.4 is 9.80 Å². The fourth-order valence-corrected chi connectivity index (χ4v) is 4.18. The van der Waals surface area contributed by atoms with Gasteiger partial charge in [-0.15, -0.1) is 0 Å². The molecule has 0 aromatic heterocycles. The number of carbonyl (C=O) groups is 1. The Kier molecular flexibility index (Phi) is 7.54. The van der Waals surface area contributed by atoms with E-state index < -0.39 is 15.9 Å². The Morgan fingerprint density at radius 1 is 0.618 bits per heavy atom. The summed E-state index contributed by atoms with van der Waals surface area (Å²) in [4.78, 5) is 21.7. The predicted octanol–water partition coefficient (Wildman–Crippen LogP) is 3.75. The number of sulfonamides is 1. The zero-order valence-electron chi connectivity index (χ0n) is 20.4. The third-order valence-corrected chi connectivity index (χ3v) is 7.24. The number of anilines is 2. The number of amides is 1. The van der Waals surface area contributed by atoms with Crippen molar-refractivity contribution in [2.75, 3.05) is 52.1 Å². The maximum absolute atomic E-state index is 13.1. The lowest BCUT2D eigenvalue weighted by Crippen LogP contribution is -2.22. The van der Waals surface area contributed by atoms with Crippen LogP contribution in [0.3, 0.4) is 0 Å². The number of hydrogen-bond donors (Lipinski definition) is 0.